The van der Waals surface area contributed by atoms with Crippen LogP contribution in [0.3, 0.4) is 0 Å². The van der Waals surface area contributed by atoms with Crippen LogP contribution in [0.5, 0.6) is 0 Å². The van der Waals surface area contributed by atoms with E-state index in [1.807, 2.05) is 24.3 Å². The Kier molecular flexibility index (Phi) is 4.31. The molecule has 0 bridgehead atoms. The van der Waals surface area contributed by atoms with E-state index in [4.69, 9.17) is 9.63 Å². The van der Waals surface area contributed by atoms with Crippen molar-refractivity contribution >= 4 is 16.9 Å². The van der Waals surface area contributed by atoms with E-state index in [1.54, 1.807) is 0 Å². The van der Waals surface area contributed by atoms with Gasteiger partial charge in [-0.25, -0.2) is 0 Å². The highest BCUT2D eigenvalue weighted by atomic mass is 19.4. The van der Waals surface area contributed by atoms with Gasteiger partial charge in [0.05, 0.1) is 12.0 Å². The minimum Gasteiger partial charge on any atom is -0.481 e. The molecule has 0 spiro atoms. The third kappa shape index (κ3) is 3.43. The lowest BCUT2D eigenvalue weighted by molar-refractivity contribution is -0.141. The molecule has 10 heteroatoms. The molecular formula is C21H15F3N4O3. The zero-order valence-electron chi connectivity index (χ0n) is 15.9. The molecular weight excluding hydrogens is 413 g/mol. The Hall–Kier alpha value is -3.69. The Morgan fingerprint density at radius 2 is 2.00 bits per heavy atom. The maximum atomic E-state index is 12.7. The van der Waals surface area contributed by atoms with Gasteiger partial charge in [-0.05, 0) is 42.8 Å². The lowest BCUT2D eigenvalue weighted by atomic mass is 10.0. The van der Waals surface area contributed by atoms with Gasteiger partial charge in [-0.15, -0.1) is 0 Å². The van der Waals surface area contributed by atoms with Crippen molar-refractivity contribution in [1.82, 2.24) is 19.7 Å². The molecule has 1 aromatic carbocycles. The summed E-state index contributed by atoms with van der Waals surface area (Å²) in [5.41, 5.74) is 1.97. The molecule has 7 nitrogen and oxygen atoms in total. The van der Waals surface area contributed by atoms with Gasteiger partial charge in [-0.2, -0.15) is 18.2 Å². The normalized spacial score (nSPS) is 16.0. The molecule has 1 N–H and O–H groups in total. The van der Waals surface area contributed by atoms with E-state index in [0.717, 1.165) is 41.8 Å². The number of pyridine rings is 1. The molecule has 0 radical (unpaired) electrons. The van der Waals surface area contributed by atoms with E-state index >= 15 is 0 Å². The van der Waals surface area contributed by atoms with E-state index in [0.29, 0.717) is 11.4 Å². The van der Waals surface area contributed by atoms with Crippen LogP contribution in [-0.4, -0.2) is 30.8 Å². The zero-order chi connectivity index (χ0) is 21.8. The Bertz CT molecular complexity index is 1290. The maximum Gasteiger partial charge on any atom is 0.433 e. The third-order valence-electron chi connectivity index (χ3n) is 5.46. The van der Waals surface area contributed by atoms with E-state index in [-0.39, 0.29) is 23.8 Å². The standard InChI is InChI=1S/C21H15F3N4O3/c22-21(23,24)17-4-2-13(10-25-17)20-26-19(27-31-20)12-1-3-15-14(7-12)8-16-11(9-18(29)30)5-6-28(15)16/h1-4,7-8,10-11H,5-6,9H2,(H,29,30)/t11-/m1/s1. The average Bonchev–Trinajstić information content (AvgIpc) is 3.43. The van der Waals surface area contributed by atoms with E-state index in [9.17, 15) is 18.0 Å². The smallest absolute Gasteiger partial charge is 0.433 e. The fourth-order valence-electron chi connectivity index (χ4n) is 4.02. The quantitative estimate of drug-likeness (QED) is 0.505. The van der Waals surface area contributed by atoms with Gasteiger partial charge in [-0.3, -0.25) is 9.78 Å². The number of aliphatic carboxylic acids is 1. The van der Waals surface area contributed by atoms with Gasteiger partial charge in [-0.1, -0.05) is 5.16 Å². The van der Waals surface area contributed by atoms with Gasteiger partial charge in [0.2, 0.25) is 5.82 Å². The second-order valence-corrected chi connectivity index (χ2v) is 7.43. The number of alkyl halides is 3. The second kappa shape index (κ2) is 6.93. The molecule has 4 heterocycles. The van der Waals surface area contributed by atoms with E-state index in [2.05, 4.69) is 19.7 Å². The molecule has 0 saturated heterocycles. The number of carbonyl (C=O) groups is 1. The lowest BCUT2D eigenvalue weighted by Crippen LogP contribution is -2.07. The molecule has 31 heavy (non-hydrogen) atoms. The van der Waals surface area contributed by atoms with Crippen LogP contribution < -0.4 is 0 Å². The summed E-state index contributed by atoms with van der Waals surface area (Å²) < 4.78 is 45.4. The molecule has 0 amide bonds. The summed E-state index contributed by atoms with van der Waals surface area (Å²) in [6.45, 7) is 0.767. The van der Waals surface area contributed by atoms with Crippen molar-refractivity contribution in [3.05, 3.63) is 54.0 Å². The number of carboxylic acids is 1. The number of aromatic nitrogens is 4. The molecule has 3 aromatic heterocycles. The largest absolute Gasteiger partial charge is 0.481 e. The zero-order valence-corrected chi connectivity index (χ0v) is 15.9. The van der Waals surface area contributed by atoms with Gasteiger partial charge in [0, 0.05) is 40.8 Å². The molecule has 1 aliphatic heterocycles. The monoisotopic (exact) mass is 428 g/mol. The summed E-state index contributed by atoms with van der Waals surface area (Å²) in [4.78, 5) is 18.8. The fourth-order valence-corrected chi connectivity index (χ4v) is 4.02. The number of aryl methyl sites for hydroxylation is 1. The van der Waals surface area contributed by atoms with Gasteiger partial charge in [0.25, 0.3) is 5.89 Å². The van der Waals surface area contributed by atoms with Crippen molar-refractivity contribution in [3.63, 3.8) is 0 Å². The number of halogens is 3. The number of hydrogen-bond acceptors (Lipinski definition) is 5. The molecule has 0 aliphatic carbocycles. The first kappa shape index (κ1) is 19.3. The number of benzene rings is 1. The van der Waals surface area contributed by atoms with Crippen LogP contribution in [0, 0.1) is 0 Å². The minimum absolute atomic E-state index is 0.0164. The molecule has 0 fully saturated rings. The summed E-state index contributed by atoms with van der Waals surface area (Å²) in [7, 11) is 0. The summed E-state index contributed by atoms with van der Waals surface area (Å²) in [5, 5.41) is 14.0. The van der Waals surface area contributed by atoms with Crippen molar-refractivity contribution in [1.29, 1.82) is 0 Å². The summed E-state index contributed by atoms with van der Waals surface area (Å²) in [5.74, 6) is -0.471. The van der Waals surface area contributed by atoms with E-state index < -0.39 is 17.8 Å². The third-order valence-corrected chi connectivity index (χ3v) is 5.46. The maximum absolute atomic E-state index is 12.7. The molecule has 5 rings (SSSR count). The van der Waals surface area contributed by atoms with Crippen molar-refractivity contribution in [2.24, 2.45) is 0 Å². The lowest BCUT2D eigenvalue weighted by Gasteiger charge is -2.04. The van der Waals surface area contributed by atoms with Crippen LogP contribution in [0.15, 0.2) is 47.1 Å². The highest BCUT2D eigenvalue weighted by molar-refractivity contribution is 5.86. The van der Waals surface area contributed by atoms with Crippen LogP contribution in [0.1, 0.15) is 30.1 Å². The fraction of sp³-hybridized carbons (Fsp3) is 0.238. The minimum atomic E-state index is -4.52. The molecule has 158 valence electrons. The number of carboxylic acid groups (broad SMARTS) is 1. The summed E-state index contributed by atoms with van der Waals surface area (Å²) in [6, 6.07) is 9.73. The predicted molar refractivity (Wildman–Crippen MR) is 103 cm³/mol. The Labute approximate surface area is 173 Å². The first-order valence-electron chi connectivity index (χ1n) is 9.52. The molecule has 4 aromatic rings. The number of hydrogen-bond donors (Lipinski definition) is 1. The Morgan fingerprint density at radius 1 is 1.19 bits per heavy atom. The number of fused-ring (bicyclic) bond motifs is 3. The van der Waals surface area contributed by atoms with Gasteiger partial charge < -0.3 is 14.2 Å². The number of rotatable bonds is 4. The molecule has 0 unspecified atom stereocenters. The van der Waals surface area contributed by atoms with Crippen LogP contribution in [-0.2, 0) is 17.5 Å². The number of nitrogens with zero attached hydrogens (tertiary/aromatic N) is 4. The summed E-state index contributed by atoms with van der Waals surface area (Å²) >= 11 is 0. The molecule has 1 aliphatic rings. The molecule has 0 saturated carbocycles. The van der Waals surface area contributed by atoms with Crippen molar-refractivity contribution in [2.75, 3.05) is 0 Å². The Balaban J connectivity index is 1.44. The van der Waals surface area contributed by atoms with Crippen LogP contribution in [0.4, 0.5) is 13.2 Å². The molecule has 1 atom stereocenters. The first-order valence-corrected chi connectivity index (χ1v) is 9.52. The van der Waals surface area contributed by atoms with Crippen LogP contribution in [0.25, 0.3) is 33.7 Å². The summed E-state index contributed by atoms with van der Waals surface area (Å²) in [6.07, 6.45) is -2.58. The van der Waals surface area contributed by atoms with Gasteiger partial charge in [0.15, 0.2) is 0 Å². The van der Waals surface area contributed by atoms with Crippen LogP contribution >= 0.6 is 0 Å². The van der Waals surface area contributed by atoms with Gasteiger partial charge >= 0.3 is 12.1 Å². The van der Waals surface area contributed by atoms with Crippen molar-refractivity contribution in [2.45, 2.75) is 31.5 Å². The topological polar surface area (TPSA) is 94.0 Å². The first-order chi connectivity index (χ1) is 14.8. The highest BCUT2D eigenvalue weighted by Gasteiger charge is 2.32. The highest BCUT2D eigenvalue weighted by Crippen LogP contribution is 2.37. The predicted octanol–water partition coefficient (Wildman–Crippen LogP) is 4.73. The SMILES string of the molecule is O=C(O)C[C@H]1CCn2c1cc1cc(-c3noc(-c4ccc(C(F)(F)F)nc4)n3)ccc12. The average molecular weight is 428 g/mol. The van der Waals surface area contributed by atoms with E-state index in [1.165, 1.54) is 6.07 Å². The second-order valence-electron chi connectivity index (χ2n) is 7.43. The van der Waals surface area contributed by atoms with Crippen molar-refractivity contribution < 1.29 is 27.6 Å². The van der Waals surface area contributed by atoms with Gasteiger partial charge in [0.1, 0.15) is 5.69 Å². The van der Waals surface area contributed by atoms with Crippen LogP contribution in [0.2, 0.25) is 0 Å². The Morgan fingerprint density at radius 3 is 2.71 bits per heavy atom. The van der Waals surface area contributed by atoms with Crippen molar-refractivity contribution in [3.8, 4) is 22.8 Å².